The molecule has 48 heavy (non-hydrogen) atoms. The Balaban J connectivity index is 2.17. The van der Waals surface area contributed by atoms with Crippen LogP contribution < -0.4 is 4.90 Å². The van der Waals surface area contributed by atoms with E-state index < -0.39 is 67.3 Å². The van der Waals surface area contributed by atoms with Crippen LogP contribution in [0.1, 0.15) is 67.8 Å². The predicted octanol–water partition coefficient (Wildman–Crippen LogP) is -3.39. The van der Waals surface area contributed by atoms with Crippen LogP contribution in [-0.4, -0.2) is 166 Å². The van der Waals surface area contributed by atoms with Crippen LogP contribution in [0.3, 0.4) is 0 Å². The summed E-state index contributed by atoms with van der Waals surface area (Å²) in [6.07, 6.45) is 0.497. The Hall–Kier alpha value is -1.75. The number of rotatable bonds is 8. The highest BCUT2D eigenvalue weighted by molar-refractivity contribution is 6.71. The van der Waals surface area contributed by atoms with Crippen molar-refractivity contribution in [1.29, 1.82) is 5.26 Å². The summed E-state index contributed by atoms with van der Waals surface area (Å²) in [7, 11) is 92.7. The standard InChI is InChI=1S/C26H22B14N4O4/c1-19(2)8-12-13(9-41)18(42-17(11-4-5-11)14(12)10-48-19)44-24(35,36)21(28,20(27,22(29,30)31)23(32,33)34)43(25(37,38)26(44,39)40)15(45)6-7-16(46)47-3/h11H,4-8,10H2,1-3H3/t21-/m1/s1. The fourth-order valence-electron chi connectivity index (χ4n) is 6.76. The van der Waals surface area contributed by atoms with Crippen molar-refractivity contribution in [1.82, 2.24) is 9.88 Å². The smallest absolute Gasteiger partial charge is 0.306 e. The van der Waals surface area contributed by atoms with E-state index in [9.17, 15) is 14.9 Å². The molecule has 0 unspecified atom stereocenters. The molecule has 1 atom stereocenters. The molecule has 0 aromatic carbocycles. The van der Waals surface area contributed by atoms with E-state index in [0.717, 1.165) is 24.9 Å². The number of carbonyl (C=O) groups excluding carboxylic acids is 2. The number of hydrogen-bond donors (Lipinski definition) is 0. The minimum Gasteiger partial charge on any atom is -0.469 e. The zero-order valence-electron chi connectivity index (χ0n) is 27.3. The van der Waals surface area contributed by atoms with Gasteiger partial charge < -0.3 is 19.3 Å². The molecule has 3 aliphatic rings. The monoisotopic (exact) mass is 608 g/mol. The van der Waals surface area contributed by atoms with Gasteiger partial charge in [-0.2, -0.15) is 5.26 Å². The van der Waals surface area contributed by atoms with E-state index in [1.165, 1.54) is 0 Å². The average molecular weight is 606 g/mol. The molecular formula is C26H22B14N4O4. The first kappa shape index (κ1) is 39.0. The van der Waals surface area contributed by atoms with Gasteiger partial charge in [0.25, 0.3) is 0 Å². The topological polar surface area (TPSA) is 95.8 Å². The second-order valence-electron chi connectivity index (χ2n) is 13.8. The number of nitrogens with zero attached hydrogens (tertiary/aromatic N) is 4. The molecule has 4 rings (SSSR count). The second kappa shape index (κ2) is 11.9. The van der Waals surface area contributed by atoms with E-state index in [1.807, 2.05) is 13.8 Å². The van der Waals surface area contributed by atoms with Gasteiger partial charge in [0.1, 0.15) is 19.7 Å². The van der Waals surface area contributed by atoms with Crippen LogP contribution in [0.5, 0.6) is 0 Å². The number of methoxy groups -OCH3 is 1. The van der Waals surface area contributed by atoms with E-state index >= 15 is 0 Å². The van der Waals surface area contributed by atoms with Crippen LogP contribution in [0.2, 0.25) is 15.5 Å². The summed E-state index contributed by atoms with van der Waals surface area (Å²) in [4.78, 5) is 32.1. The quantitative estimate of drug-likeness (QED) is 0.225. The first-order valence-electron chi connectivity index (χ1n) is 14.9. The van der Waals surface area contributed by atoms with Crippen molar-refractivity contribution in [2.24, 2.45) is 0 Å². The summed E-state index contributed by atoms with van der Waals surface area (Å²) < 4.78 is 10.7. The third kappa shape index (κ3) is 5.54. The molecule has 1 aromatic rings. The highest BCUT2D eigenvalue weighted by Crippen LogP contribution is 2.68. The Kier molecular flexibility index (Phi) is 9.69. The molecule has 1 aromatic heterocycles. The third-order valence-corrected chi connectivity index (χ3v) is 9.62. The lowest BCUT2D eigenvalue weighted by Gasteiger charge is -2.83. The molecule has 3 heterocycles. The zero-order valence-corrected chi connectivity index (χ0v) is 27.3. The lowest BCUT2D eigenvalue weighted by molar-refractivity contribution is -0.147. The number of esters is 1. The lowest BCUT2D eigenvalue weighted by Crippen LogP contribution is -2.95. The van der Waals surface area contributed by atoms with Crippen LogP contribution >= 0.6 is 0 Å². The molecule has 1 saturated carbocycles. The number of carbonyl (C=O) groups is 2. The van der Waals surface area contributed by atoms with Crippen LogP contribution in [-0.2, 0) is 32.1 Å². The SMILES string of the molecule is [B]C([B])([B])C([B])(C([B])([B])[B])[C@@]1([B])N(C(=O)CCC(=O)OC)C([B])([B])C([B])([B])N(c2nc(C3CC3)c3c(c2C#N)CC(C)(C)OC3)C1([B])[B]. The van der Waals surface area contributed by atoms with E-state index in [1.54, 1.807) is 0 Å². The van der Waals surface area contributed by atoms with Crippen LogP contribution in [0.15, 0.2) is 0 Å². The number of fused-ring (bicyclic) bond motifs is 1. The van der Waals surface area contributed by atoms with Crippen molar-refractivity contribution in [3.05, 3.63) is 22.4 Å². The number of amides is 1. The van der Waals surface area contributed by atoms with E-state index in [0.29, 0.717) is 21.7 Å². The van der Waals surface area contributed by atoms with E-state index in [2.05, 4.69) is 10.8 Å². The summed E-state index contributed by atoms with van der Waals surface area (Å²) in [6, 6.07) is 2.13. The van der Waals surface area contributed by atoms with Crippen molar-refractivity contribution >= 4 is 128 Å². The Labute approximate surface area is 302 Å². The van der Waals surface area contributed by atoms with Crippen LogP contribution in [0, 0.1) is 11.3 Å². The molecule has 2 fully saturated rings. The van der Waals surface area contributed by atoms with Gasteiger partial charge in [0.15, 0.2) is 0 Å². The summed E-state index contributed by atoms with van der Waals surface area (Å²) in [5.41, 5.74) is -2.25. The molecule has 1 saturated heterocycles. The fraction of sp³-hybridized carbons (Fsp3) is 0.692. The Morgan fingerprint density at radius 2 is 1.46 bits per heavy atom. The lowest BCUT2D eigenvalue weighted by atomic mass is 9.07. The third-order valence-electron chi connectivity index (χ3n) is 9.62. The minimum absolute atomic E-state index is 0.0440. The van der Waals surface area contributed by atoms with Gasteiger partial charge in [-0.15, -0.1) is 10.2 Å². The predicted molar refractivity (Wildman–Crippen MR) is 194 cm³/mol. The van der Waals surface area contributed by atoms with Gasteiger partial charge in [0.2, 0.25) is 5.91 Å². The average Bonchev–Trinajstić information content (AvgIpc) is 3.77. The van der Waals surface area contributed by atoms with Crippen molar-refractivity contribution in [2.75, 3.05) is 12.0 Å². The number of piperazine rings is 1. The van der Waals surface area contributed by atoms with Gasteiger partial charge in [-0.05, 0) is 48.3 Å². The molecule has 212 valence electrons. The molecule has 28 radical (unpaired) electrons. The van der Waals surface area contributed by atoms with Gasteiger partial charge in [-0.25, -0.2) is 4.98 Å². The summed E-state index contributed by atoms with van der Waals surface area (Å²) in [5, 5.41) is -6.87. The normalized spacial score (nSPS) is 24.5. The second-order valence-corrected chi connectivity index (χ2v) is 13.8. The van der Waals surface area contributed by atoms with Gasteiger partial charge in [-0.1, -0.05) is 5.31 Å². The molecule has 0 N–H and O–H groups in total. The number of anilines is 1. The molecule has 0 spiro atoms. The number of aromatic nitrogens is 1. The van der Waals surface area contributed by atoms with Gasteiger partial charge in [0, 0.05) is 29.8 Å². The molecule has 22 heteroatoms. The molecule has 0 bridgehead atoms. The van der Waals surface area contributed by atoms with Crippen molar-refractivity contribution < 1.29 is 19.1 Å². The molecular weight excluding hydrogens is 584 g/mol. The summed E-state index contributed by atoms with van der Waals surface area (Å²) in [6.45, 7) is 3.82. The van der Waals surface area contributed by atoms with Crippen molar-refractivity contribution in [2.45, 2.75) is 101 Å². The Morgan fingerprint density at radius 1 is 0.917 bits per heavy atom. The Morgan fingerprint density at radius 3 is 1.92 bits per heavy atom. The molecule has 1 amide bonds. The zero-order chi connectivity index (χ0) is 36.8. The largest absolute Gasteiger partial charge is 0.469 e. The highest BCUT2D eigenvalue weighted by Gasteiger charge is 2.71. The maximum absolute atomic E-state index is 14.2. The van der Waals surface area contributed by atoms with Crippen LogP contribution in [0.4, 0.5) is 5.82 Å². The first-order valence-corrected chi connectivity index (χ1v) is 14.9. The number of pyridine rings is 1. The van der Waals surface area contributed by atoms with Gasteiger partial charge in [-0.3, -0.25) is 9.59 Å². The first-order chi connectivity index (χ1) is 21.6. The maximum atomic E-state index is 14.2. The van der Waals surface area contributed by atoms with Gasteiger partial charge in [0.05, 0.1) is 139 Å². The maximum Gasteiger partial charge on any atom is 0.306 e. The summed E-state index contributed by atoms with van der Waals surface area (Å²) in [5.74, 6) is -2.39. The molecule has 2 aliphatic heterocycles. The van der Waals surface area contributed by atoms with E-state index in [-0.39, 0.29) is 30.3 Å². The number of ether oxygens (including phenoxy) is 2. The Bertz CT molecular complexity index is 1540. The van der Waals surface area contributed by atoms with Crippen molar-refractivity contribution in [3.8, 4) is 6.07 Å². The fourth-order valence-corrected chi connectivity index (χ4v) is 6.76. The number of hydrogen-bond acceptors (Lipinski definition) is 7. The van der Waals surface area contributed by atoms with Crippen molar-refractivity contribution in [3.63, 3.8) is 0 Å². The number of nitriles is 1. The van der Waals surface area contributed by atoms with Crippen LogP contribution in [0.25, 0.3) is 0 Å². The molecule has 8 nitrogen and oxygen atoms in total. The van der Waals surface area contributed by atoms with Gasteiger partial charge >= 0.3 is 5.97 Å². The minimum atomic E-state index is -3.18. The summed E-state index contributed by atoms with van der Waals surface area (Å²) >= 11 is 0. The molecule has 1 aliphatic carbocycles. The highest BCUT2D eigenvalue weighted by atomic mass is 16.5. The van der Waals surface area contributed by atoms with E-state index in [4.69, 9.17) is 120 Å².